The summed E-state index contributed by atoms with van der Waals surface area (Å²) in [6, 6.07) is 5.98. The van der Waals surface area contributed by atoms with Crippen molar-refractivity contribution in [3.63, 3.8) is 0 Å². The highest BCUT2D eigenvalue weighted by molar-refractivity contribution is 6.16. The molecule has 136 valence electrons. The number of pyridine rings is 1. The number of aromatic nitrogens is 3. The number of carbonyl (C=O) groups excluding carboxylic acids is 1. The van der Waals surface area contributed by atoms with Gasteiger partial charge in [0.15, 0.2) is 5.65 Å². The van der Waals surface area contributed by atoms with E-state index < -0.39 is 0 Å². The SMILES string of the molecule is CC(C)Nc1ncnc2c1c(C(=O)NCC1CCCO1)c1ccccn12. The van der Waals surface area contributed by atoms with E-state index in [1.54, 1.807) is 0 Å². The summed E-state index contributed by atoms with van der Waals surface area (Å²) in [6.45, 7) is 5.38. The molecule has 4 rings (SSSR count). The summed E-state index contributed by atoms with van der Waals surface area (Å²) in [5, 5.41) is 7.11. The first-order valence-electron chi connectivity index (χ1n) is 9.05. The molecule has 1 aliphatic heterocycles. The maximum Gasteiger partial charge on any atom is 0.254 e. The van der Waals surface area contributed by atoms with Crippen LogP contribution >= 0.6 is 0 Å². The summed E-state index contributed by atoms with van der Waals surface area (Å²) in [5.74, 6) is 0.553. The zero-order chi connectivity index (χ0) is 18.1. The molecule has 3 aromatic rings. The molecular formula is C19H23N5O2. The van der Waals surface area contributed by atoms with E-state index in [1.807, 2.05) is 42.6 Å². The quantitative estimate of drug-likeness (QED) is 0.737. The highest BCUT2D eigenvalue weighted by Crippen LogP contribution is 2.30. The molecule has 0 saturated carbocycles. The number of fused-ring (bicyclic) bond motifs is 3. The van der Waals surface area contributed by atoms with Gasteiger partial charge in [-0.3, -0.25) is 4.79 Å². The predicted octanol–water partition coefficient (Wildman–Crippen LogP) is 2.61. The van der Waals surface area contributed by atoms with Crippen LogP contribution in [-0.2, 0) is 4.74 Å². The highest BCUT2D eigenvalue weighted by atomic mass is 16.5. The molecule has 0 aromatic carbocycles. The Morgan fingerprint density at radius 1 is 1.38 bits per heavy atom. The Kier molecular flexibility index (Phi) is 4.46. The number of nitrogens with zero attached hydrogens (tertiary/aromatic N) is 3. The van der Waals surface area contributed by atoms with Crippen LogP contribution < -0.4 is 10.6 Å². The third-order valence-electron chi connectivity index (χ3n) is 4.59. The Morgan fingerprint density at radius 3 is 3.04 bits per heavy atom. The Hall–Kier alpha value is -2.67. The third-order valence-corrected chi connectivity index (χ3v) is 4.59. The van der Waals surface area contributed by atoms with E-state index >= 15 is 0 Å². The van der Waals surface area contributed by atoms with E-state index in [2.05, 4.69) is 20.6 Å². The van der Waals surface area contributed by atoms with Crippen LogP contribution in [0, 0.1) is 0 Å². The van der Waals surface area contributed by atoms with Crippen LogP contribution in [0.2, 0.25) is 0 Å². The lowest BCUT2D eigenvalue weighted by atomic mass is 10.1. The normalized spacial score (nSPS) is 17.3. The first kappa shape index (κ1) is 16.8. The lowest BCUT2D eigenvalue weighted by Crippen LogP contribution is -2.31. The Morgan fingerprint density at radius 2 is 2.27 bits per heavy atom. The summed E-state index contributed by atoms with van der Waals surface area (Å²) in [6.07, 6.45) is 5.58. The molecule has 0 radical (unpaired) electrons. The van der Waals surface area contributed by atoms with Gasteiger partial charge in [-0.25, -0.2) is 9.97 Å². The molecule has 1 aliphatic rings. The van der Waals surface area contributed by atoms with E-state index in [1.165, 1.54) is 6.33 Å². The molecule has 1 fully saturated rings. The maximum absolute atomic E-state index is 13.1. The van der Waals surface area contributed by atoms with Crippen molar-refractivity contribution >= 4 is 28.3 Å². The second kappa shape index (κ2) is 6.92. The van der Waals surface area contributed by atoms with Gasteiger partial charge in [0.1, 0.15) is 12.1 Å². The zero-order valence-corrected chi connectivity index (χ0v) is 15.0. The van der Waals surface area contributed by atoms with Gasteiger partial charge in [0, 0.05) is 25.4 Å². The van der Waals surface area contributed by atoms with E-state index in [0.717, 1.165) is 36.0 Å². The molecule has 1 unspecified atom stereocenters. The topological polar surface area (TPSA) is 80.5 Å². The first-order chi connectivity index (χ1) is 12.6. The predicted molar refractivity (Wildman–Crippen MR) is 101 cm³/mol. The van der Waals surface area contributed by atoms with Crippen molar-refractivity contribution in [2.24, 2.45) is 0 Å². The molecule has 26 heavy (non-hydrogen) atoms. The minimum atomic E-state index is -0.124. The lowest BCUT2D eigenvalue weighted by molar-refractivity contribution is 0.0860. The smallest absolute Gasteiger partial charge is 0.254 e. The molecule has 0 bridgehead atoms. The van der Waals surface area contributed by atoms with Crippen molar-refractivity contribution in [3.05, 3.63) is 36.3 Å². The average Bonchev–Trinajstić information content (AvgIpc) is 3.26. The van der Waals surface area contributed by atoms with Crippen molar-refractivity contribution in [1.29, 1.82) is 0 Å². The van der Waals surface area contributed by atoms with Crippen molar-refractivity contribution in [3.8, 4) is 0 Å². The second-order valence-electron chi connectivity index (χ2n) is 6.90. The summed E-state index contributed by atoms with van der Waals surface area (Å²) < 4.78 is 7.55. The Bertz CT molecular complexity index is 944. The van der Waals surface area contributed by atoms with E-state index in [4.69, 9.17) is 4.74 Å². The minimum Gasteiger partial charge on any atom is -0.376 e. The van der Waals surface area contributed by atoms with Crippen molar-refractivity contribution in [1.82, 2.24) is 19.7 Å². The molecule has 1 amide bonds. The fraction of sp³-hybridized carbons (Fsp3) is 0.421. The van der Waals surface area contributed by atoms with Crippen LogP contribution in [0.25, 0.3) is 16.6 Å². The van der Waals surface area contributed by atoms with Gasteiger partial charge in [-0.1, -0.05) is 6.07 Å². The number of anilines is 1. The standard InChI is InChI=1S/C19H23N5O2/c1-12(2)23-17-16-15(19(25)20-10-13-6-5-9-26-13)14-7-3-4-8-24(14)18(16)22-11-21-17/h3-4,7-8,11-13H,5-6,9-10H2,1-2H3,(H,20,25)(H,21,22,23). The molecule has 0 aliphatic carbocycles. The first-order valence-corrected chi connectivity index (χ1v) is 9.05. The molecule has 7 nitrogen and oxygen atoms in total. The largest absolute Gasteiger partial charge is 0.376 e. The Balaban J connectivity index is 1.80. The number of hydrogen-bond acceptors (Lipinski definition) is 5. The number of amides is 1. The van der Waals surface area contributed by atoms with Crippen molar-refractivity contribution < 1.29 is 9.53 Å². The van der Waals surface area contributed by atoms with Gasteiger partial charge < -0.3 is 19.8 Å². The summed E-state index contributed by atoms with van der Waals surface area (Å²) in [4.78, 5) is 21.9. The average molecular weight is 353 g/mol. The number of rotatable bonds is 5. The van der Waals surface area contributed by atoms with Gasteiger partial charge in [-0.2, -0.15) is 0 Å². The van der Waals surface area contributed by atoms with Crippen LogP contribution in [0.1, 0.15) is 37.0 Å². The number of nitrogens with one attached hydrogen (secondary N) is 2. The lowest BCUT2D eigenvalue weighted by Gasteiger charge is -2.12. The Labute approximate surface area is 151 Å². The van der Waals surface area contributed by atoms with Crippen LogP contribution in [0.15, 0.2) is 30.7 Å². The van der Waals surface area contributed by atoms with E-state index in [-0.39, 0.29) is 18.1 Å². The number of ether oxygens (including phenoxy) is 1. The molecule has 3 aromatic heterocycles. The van der Waals surface area contributed by atoms with E-state index in [9.17, 15) is 4.79 Å². The van der Waals surface area contributed by atoms with Crippen LogP contribution in [-0.4, -0.2) is 45.6 Å². The molecule has 2 N–H and O–H groups in total. The minimum absolute atomic E-state index is 0.101. The molecule has 7 heteroatoms. The van der Waals surface area contributed by atoms with E-state index in [0.29, 0.717) is 17.9 Å². The molecular weight excluding hydrogens is 330 g/mol. The maximum atomic E-state index is 13.1. The fourth-order valence-corrected chi connectivity index (χ4v) is 3.46. The van der Waals surface area contributed by atoms with Crippen molar-refractivity contribution in [2.45, 2.75) is 38.8 Å². The van der Waals surface area contributed by atoms with Crippen LogP contribution in [0.3, 0.4) is 0 Å². The summed E-state index contributed by atoms with van der Waals surface area (Å²) in [5.41, 5.74) is 2.14. The van der Waals surface area contributed by atoms with Crippen LogP contribution in [0.4, 0.5) is 5.82 Å². The van der Waals surface area contributed by atoms with Gasteiger partial charge in [-0.05, 0) is 38.8 Å². The monoisotopic (exact) mass is 353 g/mol. The molecule has 4 heterocycles. The summed E-state index contributed by atoms with van der Waals surface area (Å²) >= 11 is 0. The third kappa shape index (κ3) is 2.99. The molecule has 0 spiro atoms. The van der Waals surface area contributed by atoms with Gasteiger partial charge in [0.05, 0.1) is 22.6 Å². The highest BCUT2D eigenvalue weighted by Gasteiger charge is 2.24. The fourth-order valence-electron chi connectivity index (χ4n) is 3.46. The number of carbonyl (C=O) groups is 1. The molecule has 1 saturated heterocycles. The van der Waals surface area contributed by atoms with Gasteiger partial charge in [0.25, 0.3) is 5.91 Å². The van der Waals surface area contributed by atoms with Gasteiger partial charge >= 0.3 is 0 Å². The van der Waals surface area contributed by atoms with Crippen LogP contribution in [0.5, 0.6) is 0 Å². The van der Waals surface area contributed by atoms with Crippen molar-refractivity contribution in [2.75, 3.05) is 18.5 Å². The van der Waals surface area contributed by atoms with Gasteiger partial charge in [0.2, 0.25) is 0 Å². The zero-order valence-electron chi connectivity index (χ0n) is 15.0. The second-order valence-corrected chi connectivity index (χ2v) is 6.90. The summed E-state index contributed by atoms with van der Waals surface area (Å²) in [7, 11) is 0. The number of hydrogen-bond donors (Lipinski definition) is 2. The molecule has 1 atom stereocenters. The van der Waals surface area contributed by atoms with Gasteiger partial charge in [-0.15, -0.1) is 0 Å².